The number of likely N-dealkylation sites (tertiary alicyclic amines) is 1. The highest BCUT2D eigenvalue weighted by Gasteiger charge is 2.38. The first-order valence-corrected chi connectivity index (χ1v) is 7.18. The van der Waals surface area contributed by atoms with Gasteiger partial charge >= 0.3 is 0 Å². The van der Waals surface area contributed by atoms with Crippen molar-refractivity contribution in [2.24, 2.45) is 0 Å². The summed E-state index contributed by atoms with van der Waals surface area (Å²) in [6, 6.07) is 4.28. The minimum Gasteiger partial charge on any atom is -0.364 e. The molecule has 0 bridgehead atoms. The van der Waals surface area contributed by atoms with Gasteiger partial charge in [-0.05, 0) is 19.4 Å². The molecule has 120 valence electrons. The van der Waals surface area contributed by atoms with Crippen LogP contribution in [0.3, 0.4) is 0 Å². The quantitative estimate of drug-likeness (QED) is 0.852. The number of H-pyrrole nitrogens is 1. The van der Waals surface area contributed by atoms with E-state index in [1.807, 2.05) is 6.92 Å². The topological polar surface area (TPSA) is 108 Å². The standard InChI is InChI=1S/C15H16N4O4/c1-15(17-13(21)10-2-5-16-12(20)8-10)4-6-19(9-15)14(22)11-3-7-23-18-11/h2-3,5,7-8H,4,6,9H2,1H3,(H,16,20)(H,17,21). The smallest absolute Gasteiger partial charge is 0.276 e. The Morgan fingerprint density at radius 3 is 2.96 bits per heavy atom. The van der Waals surface area contributed by atoms with Gasteiger partial charge in [0.1, 0.15) is 6.26 Å². The van der Waals surface area contributed by atoms with E-state index < -0.39 is 5.54 Å². The number of pyridine rings is 1. The maximum atomic E-state index is 12.3. The number of aromatic nitrogens is 2. The summed E-state index contributed by atoms with van der Waals surface area (Å²) in [4.78, 5) is 39.9. The third-order valence-electron chi connectivity index (χ3n) is 3.87. The second-order valence-corrected chi connectivity index (χ2v) is 5.82. The Morgan fingerprint density at radius 1 is 1.43 bits per heavy atom. The molecule has 0 aromatic carbocycles. The summed E-state index contributed by atoms with van der Waals surface area (Å²) >= 11 is 0. The minimum atomic E-state index is -0.556. The van der Waals surface area contributed by atoms with Gasteiger partial charge in [0.15, 0.2) is 5.69 Å². The van der Waals surface area contributed by atoms with E-state index in [2.05, 4.69) is 20.0 Å². The monoisotopic (exact) mass is 316 g/mol. The fraction of sp³-hybridized carbons (Fsp3) is 0.333. The molecule has 1 fully saturated rings. The van der Waals surface area contributed by atoms with Gasteiger partial charge in [0, 0.05) is 37.0 Å². The number of rotatable bonds is 3. The van der Waals surface area contributed by atoms with E-state index in [0.717, 1.165) is 0 Å². The van der Waals surface area contributed by atoms with Crippen LogP contribution in [0, 0.1) is 0 Å². The zero-order chi connectivity index (χ0) is 16.4. The van der Waals surface area contributed by atoms with Crippen molar-refractivity contribution in [3.8, 4) is 0 Å². The number of carbonyl (C=O) groups excluding carboxylic acids is 2. The molecule has 1 saturated heterocycles. The van der Waals surface area contributed by atoms with Gasteiger partial charge in [-0.15, -0.1) is 0 Å². The van der Waals surface area contributed by atoms with Gasteiger partial charge in [-0.1, -0.05) is 5.16 Å². The van der Waals surface area contributed by atoms with Crippen LogP contribution in [0.15, 0.2) is 40.0 Å². The normalized spacial score (nSPS) is 20.5. The Kier molecular flexibility index (Phi) is 3.73. The molecule has 3 heterocycles. The Morgan fingerprint density at radius 2 is 2.26 bits per heavy atom. The Balaban J connectivity index is 1.68. The van der Waals surface area contributed by atoms with Crippen molar-refractivity contribution in [2.45, 2.75) is 18.9 Å². The van der Waals surface area contributed by atoms with Crippen LogP contribution in [0.2, 0.25) is 0 Å². The van der Waals surface area contributed by atoms with Gasteiger partial charge in [0.05, 0.1) is 5.54 Å². The van der Waals surface area contributed by atoms with Crippen molar-refractivity contribution in [2.75, 3.05) is 13.1 Å². The summed E-state index contributed by atoms with van der Waals surface area (Å²) in [5, 5.41) is 6.53. The van der Waals surface area contributed by atoms with Crippen molar-refractivity contribution in [3.05, 3.63) is 52.3 Å². The molecule has 8 nitrogen and oxygen atoms in total. The van der Waals surface area contributed by atoms with Gasteiger partial charge < -0.3 is 19.7 Å². The Labute approximate surface area is 131 Å². The van der Waals surface area contributed by atoms with E-state index >= 15 is 0 Å². The van der Waals surface area contributed by atoms with E-state index in [9.17, 15) is 14.4 Å². The number of amides is 2. The Bertz CT molecular complexity index is 783. The van der Waals surface area contributed by atoms with Crippen molar-refractivity contribution in [1.82, 2.24) is 20.4 Å². The summed E-state index contributed by atoms with van der Waals surface area (Å²) in [6.07, 6.45) is 3.39. The largest absolute Gasteiger partial charge is 0.364 e. The second-order valence-electron chi connectivity index (χ2n) is 5.82. The highest BCUT2D eigenvalue weighted by Crippen LogP contribution is 2.22. The lowest BCUT2D eigenvalue weighted by Gasteiger charge is -2.26. The molecule has 2 aromatic heterocycles. The van der Waals surface area contributed by atoms with Gasteiger partial charge in [0.25, 0.3) is 11.8 Å². The maximum Gasteiger partial charge on any atom is 0.276 e. The van der Waals surface area contributed by atoms with Crippen LogP contribution in [0.4, 0.5) is 0 Å². The molecule has 0 spiro atoms. The SMILES string of the molecule is CC1(NC(=O)c2cc[nH]c(=O)c2)CCN(C(=O)c2ccon2)C1. The van der Waals surface area contributed by atoms with E-state index in [-0.39, 0.29) is 28.6 Å². The van der Waals surface area contributed by atoms with Crippen LogP contribution >= 0.6 is 0 Å². The van der Waals surface area contributed by atoms with E-state index in [0.29, 0.717) is 19.5 Å². The highest BCUT2D eigenvalue weighted by atomic mass is 16.5. The third-order valence-corrected chi connectivity index (χ3v) is 3.87. The molecule has 1 aliphatic rings. The predicted molar refractivity (Wildman–Crippen MR) is 80.0 cm³/mol. The number of hydrogen-bond acceptors (Lipinski definition) is 5. The fourth-order valence-corrected chi connectivity index (χ4v) is 2.65. The van der Waals surface area contributed by atoms with Crippen molar-refractivity contribution >= 4 is 11.8 Å². The van der Waals surface area contributed by atoms with Crippen LogP contribution in [0.5, 0.6) is 0 Å². The Hall–Kier alpha value is -2.90. The summed E-state index contributed by atoms with van der Waals surface area (Å²) < 4.78 is 4.68. The molecule has 0 saturated carbocycles. The number of nitrogens with one attached hydrogen (secondary N) is 2. The zero-order valence-electron chi connectivity index (χ0n) is 12.5. The summed E-state index contributed by atoms with van der Waals surface area (Å²) in [5.74, 6) is -0.567. The third kappa shape index (κ3) is 3.15. The molecule has 23 heavy (non-hydrogen) atoms. The molecule has 2 aromatic rings. The van der Waals surface area contributed by atoms with Gasteiger partial charge in [-0.2, -0.15) is 0 Å². The van der Waals surface area contributed by atoms with E-state index in [4.69, 9.17) is 0 Å². The molecular weight excluding hydrogens is 300 g/mol. The predicted octanol–water partition coefficient (Wildman–Crippen LogP) is 0.397. The van der Waals surface area contributed by atoms with Crippen LogP contribution in [0.1, 0.15) is 34.2 Å². The van der Waals surface area contributed by atoms with Crippen LogP contribution in [0.25, 0.3) is 0 Å². The van der Waals surface area contributed by atoms with Crippen molar-refractivity contribution in [1.29, 1.82) is 0 Å². The molecule has 2 N–H and O–H groups in total. The molecule has 1 aliphatic heterocycles. The summed E-state index contributed by atoms with van der Waals surface area (Å²) in [6.45, 7) is 2.75. The number of carbonyl (C=O) groups is 2. The van der Waals surface area contributed by atoms with E-state index in [1.165, 1.54) is 30.7 Å². The number of nitrogens with zero attached hydrogens (tertiary/aromatic N) is 2. The lowest BCUT2D eigenvalue weighted by molar-refractivity contribution is 0.0759. The fourth-order valence-electron chi connectivity index (χ4n) is 2.65. The first-order chi connectivity index (χ1) is 11.0. The molecule has 8 heteroatoms. The minimum absolute atomic E-state index is 0.229. The maximum absolute atomic E-state index is 12.3. The first-order valence-electron chi connectivity index (χ1n) is 7.18. The number of aromatic amines is 1. The summed E-state index contributed by atoms with van der Waals surface area (Å²) in [5.41, 5.74) is -0.359. The molecular formula is C15H16N4O4. The molecule has 3 rings (SSSR count). The van der Waals surface area contributed by atoms with Crippen LogP contribution in [-0.2, 0) is 0 Å². The van der Waals surface area contributed by atoms with Crippen LogP contribution in [-0.4, -0.2) is 45.5 Å². The van der Waals surface area contributed by atoms with Gasteiger partial charge in [-0.25, -0.2) is 0 Å². The molecule has 2 amide bonds. The van der Waals surface area contributed by atoms with E-state index in [1.54, 1.807) is 4.90 Å². The lowest BCUT2D eigenvalue weighted by Crippen LogP contribution is -2.48. The second kappa shape index (κ2) is 5.71. The molecule has 0 aliphatic carbocycles. The zero-order valence-corrected chi connectivity index (χ0v) is 12.5. The van der Waals surface area contributed by atoms with Crippen LogP contribution < -0.4 is 10.9 Å². The summed E-state index contributed by atoms with van der Waals surface area (Å²) in [7, 11) is 0. The van der Waals surface area contributed by atoms with Gasteiger partial charge in [0.2, 0.25) is 5.56 Å². The van der Waals surface area contributed by atoms with Crippen molar-refractivity contribution in [3.63, 3.8) is 0 Å². The lowest BCUT2D eigenvalue weighted by atomic mass is 10.0. The molecule has 0 radical (unpaired) electrons. The highest BCUT2D eigenvalue weighted by molar-refractivity contribution is 5.95. The first kappa shape index (κ1) is 15.0. The molecule has 1 atom stereocenters. The number of hydrogen-bond donors (Lipinski definition) is 2. The van der Waals surface area contributed by atoms with Crippen molar-refractivity contribution < 1.29 is 14.1 Å². The average molecular weight is 316 g/mol. The average Bonchev–Trinajstić information content (AvgIpc) is 3.16. The molecule has 1 unspecified atom stereocenters. The van der Waals surface area contributed by atoms with Gasteiger partial charge in [-0.3, -0.25) is 14.4 Å².